The maximum absolute atomic E-state index is 12.5. The Morgan fingerprint density at radius 3 is 2.48 bits per heavy atom. The number of nitrogens with one attached hydrogen (secondary N) is 1. The molecule has 7 heteroatoms. The van der Waals surface area contributed by atoms with Crippen LogP contribution in [0.25, 0.3) is 0 Å². The first-order chi connectivity index (χ1) is 11.0. The predicted octanol–water partition coefficient (Wildman–Crippen LogP) is 4.29. The average molecular weight is 322 g/mol. The average Bonchev–Trinajstić information content (AvgIpc) is 2.54. The molecule has 2 rings (SSSR count). The molecule has 0 unspecified atom stereocenters. The summed E-state index contributed by atoms with van der Waals surface area (Å²) in [4.78, 5) is 10.4. The number of benzene rings is 2. The summed E-state index contributed by atoms with van der Waals surface area (Å²) in [6.45, 7) is 0.645. The van der Waals surface area contributed by atoms with E-state index in [0.29, 0.717) is 17.8 Å². The number of nitrogens with zero attached hydrogens (tertiary/aromatic N) is 1. The van der Waals surface area contributed by atoms with Gasteiger partial charge in [-0.3, -0.25) is 10.1 Å². The van der Waals surface area contributed by atoms with E-state index in [9.17, 15) is 18.9 Å². The number of hydrogen-bond acceptors (Lipinski definition) is 4. The molecule has 0 saturated heterocycles. The monoisotopic (exact) mass is 322 g/mol. The second-order valence-electron chi connectivity index (χ2n) is 4.93. The highest BCUT2D eigenvalue weighted by atomic mass is 19.3. The van der Waals surface area contributed by atoms with Crippen LogP contribution in [0.15, 0.2) is 42.5 Å². The van der Waals surface area contributed by atoms with Gasteiger partial charge in [0.2, 0.25) is 0 Å². The molecule has 0 aliphatic rings. The van der Waals surface area contributed by atoms with Crippen LogP contribution in [0.5, 0.6) is 0 Å². The summed E-state index contributed by atoms with van der Waals surface area (Å²) in [7, 11) is 1.51. The van der Waals surface area contributed by atoms with Crippen molar-refractivity contribution in [3.63, 3.8) is 0 Å². The zero-order valence-electron chi connectivity index (χ0n) is 12.5. The van der Waals surface area contributed by atoms with Gasteiger partial charge in [0, 0.05) is 42.6 Å². The number of alkyl halides is 2. The molecule has 0 aliphatic heterocycles. The number of nitro benzene ring substituents is 1. The second kappa shape index (κ2) is 7.64. The van der Waals surface area contributed by atoms with E-state index in [1.807, 2.05) is 0 Å². The lowest BCUT2D eigenvalue weighted by atomic mass is 10.1. The van der Waals surface area contributed by atoms with Gasteiger partial charge < -0.3 is 10.1 Å². The molecule has 2 aromatic rings. The molecule has 23 heavy (non-hydrogen) atoms. The predicted molar refractivity (Wildman–Crippen MR) is 82.5 cm³/mol. The highest BCUT2D eigenvalue weighted by molar-refractivity contribution is 5.56. The molecule has 5 nitrogen and oxygen atoms in total. The third-order valence-corrected chi connectivity index (χ3v) is 3.31. The molecular formula is C16H16F2N2O3. The van der Waals surface area contributed by atoms with E-state index in [2.05, 4.69) is 5.32 Å². The van der Waals surface area contributed by atoms with Gasteiger partial charge >= 0.3 is 0 Å². The summed E-state index contributed by atoms with van der Waals surface area (Å²) in [5.74, 6) is 0. The smallest absolute Gasteiger partial charge is 0.269 e. The third kappa shape index (κ3) is 4.46. The fourth-order valence-electron chi connectivity index (χ4n) is 2.12. The molecule has 0 heterocycles. The standard InChI is InChI=1S/C16H16F2N2O3/c1-23-10-13-8-14(20(21)22)6-7-15(13)19-9-11-2-4-12(5-3-11)16(17)18/h2-8,16,19H,9-10H2,1H3. The lowest BCUT2D eigenvalue weighted by molar-refractivity contribution is -0.384. The molecule has 0 spiro atoms. The van der Waals surface area contributed by atoms with Crippen molar-refractivity contribution < 1.29 is 18.4 Å². The van der Waals surface area contributed by atoms with Crippen molar-refractivity contribution in [1.82, 2.24) is 0 Å². The Bertz CT molecular complexity index is 676. The highest BCUT2D eigenvalue weighted by Crippen LogP contribution is 2.24. The summed E-state index contributed by atoms with van der Waals surface area (Å²) >= 11 is 0. The normalized spacial score (nSPS) is 10.8. The zero-order valence-corrected chi connectivity index (χ0v) is 12.5. The van der Waals surface area contributed by atoms with Crippen LogP contribution in [0.4, 0.5) is 20.2 Å². The molecule has 0 radical (unpaired) electrons. The zero-order chi connectivity index (χ0) is 16.8. The van der Waals surface area contributed by atoms with Crippen LogP contribution in [0.2, 0.25) is 0 Å². The van der Waals surface area contributed by atoms with Gasteiger partial charge in [-0.2, -0.15) is 0 Å². The number of anilines is 1. The maximum Gasteiger partial charge on any atom is 0.269 e. The minimum atomic E-state index is -2.49. The maximum atomic E-state index is 12.5. The van der Waals surface area contributed by atoms with Crippen molar-refractivity contribution in [2.45, 2.75) is 19.6 Å². The van der Waals surface area contributed by atoms with E-state index in [1.54, 1.807) is 18.2 Å². The molecule has 1 N–H and O–H groups in total. The Morgan fingerprint density at radius 1 is 1.22 bits per heavy atom. The Labute approximate surface area is 132 Å². The molecule has 0 saturated carbocycles. The van der Waals surface area contributed by atoms with E-state index in [-0.39, 0.29) is 17.9 Å². The van der Waals surface area contributed by atoms with Crippen LogP contribution in [-0.2, 0) is 17.9 Å². The number of methoxy groups -OCH3 is 1. The lowest BCUT2D eigenvalue weighted by Gasteiger charge is -2.12. The van der Waals surface area contributed by atoms with Crippen LogP contribution in [0, 0.1) is 10.1 Å². The minimum Gasteiger partial charge on any atom is -0.381 e. The molecule has 2 aromatic carbocycles. The molecule has 0 fully saturated rings. The first-order valence-corrected chi connectivity index (χ1v) is 6.88. The van der Waals surface area contributed by atoms with Crippen molar-refractivity contribution in [2.24, 2.45) is 0 Å². The van der Waals surface area contributed by atoms with Crippen LogP contribution < -0.4 is 5.32 Å². The largest absolute Gasteiger partial charge is 0.381 e. The first-order valence-electron chi connectivity index (χ1n) is 6.88. The van der Waals surface area contributed by atoms with Gasteiger partial charge in [-0.05, 0) is 11.6 Å². The molecule has 0 atom stereocenters. The third-order valence-electron chi connectivity index (χ3n) is 3.31. The van der Waals surface area contributed by atoms with Crippen molar-refractivity contribution in [3.05, 3.63) is 69.3 Å². The first kappa shape index (κ1) is 16.8. The molecule has 0 aromatic heterocycles. The Balaban J connectivity index is 2.11. The van der Waals surface area contributed by atoms with Crippen LogP contribution >= 0.6 is 0 Å². The summed E-state index contributed by atoms with van der Waals surface area (Å²) in [5.41, 5.74) is 2.16. The Kier molecular flexibility index (Phi) is 5.59. The number of hydrogen-bond donors (Lipinski definition) is 1. The van der Waals surface area contributed by atoms with Crippen LogP contribution in [-0.4, -0.2) is 12.0 Å². The van der Waals surface area contributed by atoms with Crippen LogP contribution in [0.1, 0.15) is 23.1 Å². The van der Waals surface area contributed by atoms with Gasteiger partial charge in [0.25, 0.3) is 12.1 Å². The van der Waals surface area contributed by atoms with E-state index in [4.69, 9.17) is 4.74 Å². The molecule has 0 bridgehead atoms. The fourth-order valence-corrected chi connectivity index (χ4v) is 2.12. The number of ether oxygens (including phenoxy) is 1. The molecule has 0 aliphatic carbocycles. The Morgan fingerprint density at radius 2 is 1.91 bits per heavy atom. The molecular weight excluding hydrogens is 306 g/mol. The summed E-state index contributed by atoms with van der Waals surface area (Å²) in [6.07, 6.45) is -2.49. The second-order valence-corrected chi connectivity index (χ2v) is 4.93. The summed E-state index contributed by atoms with van der Waals surface area (Å²) in [6, 6.07) is 10.5. The molecule has 0 amide bonds. The van der Waals surface area contributed by atoms with Crippen molar-refractivity contribution >= 4 is 11.4 Å². The van der Waals surface area contributed by atoms with Gasteiger partial charge in [-0.15, -0.1) is 0 Å². The van der Waals surface area contributed by atoms with E-state index >= 15 is 0 Å². The van der Waals surface area contributed by atoms with Gasteiger partial charge in [0.05, 0.1) is 11.5 Å². The van der Waals surface area contributed by atoms with Gasteiger partial charge in [-0.25, -0.2) is 8.78 Å². The van der Waals surface area contributed by atoms with Crippen LogP contribution in [0.3, 0.4) is 0 Å². The van der Waals surface area contributed by atoms with Gasteiger partial charge in [0.15, 0.2) is 0 Å². The van der Waals surface area contributed by atoms with Gasteiger partial charge in [0.1, 0.15) is 0 Å². The lowest BCUT2D eigenvalue weighted by Crippen LogP contribution is -2.04. The van der Waals surface area contributed by atoms with Crippen molar-refractivity contribution in [2.75, 3.05) is 12.4 Å². The minimum absolute atomic E-state index is 0.0103. The summed E-state index contributed by atoms with van der Waals surface area (Å²) < 4.78 is 30.1. The number of nitro groups is 1. The van der Waals surface area contributed by atoms with E-state index in [1.165, 1.54) is 31.4 Å². The quantitative estimate of drug-likeness (QED) is 0.610. The fraction of sp³-hybridized carbons (Fsp3) is 0.250. The topological polar surface area (TPSA) is 64.4 Å². The highest BCUT2D eigenvalue weighted by Gasteiger charge is 2.11. The SMILES string of the molecule is COCc1cc([N+](=O)[O-])ccc1NCc1ccc(C(F)F)cc1. The number of halogens is 2. The van der Waals surface area contributed by atoms with E-state index < -0.39 is 11.3 Å². The van der Waals surface area contributed by atoms with Gasteiger partial charge in [-0.1, -0.05) is 24.3 Å². The summed E-state index contributed by atoms with van der Waals surface area (Å²) in [5, 5.41) is 14.0. The number of non-ortho nitro benzene ring substituents is 1. The Hall–Kier alpha value is -2.54. The molecule has 122 valence electrons. The van der Waals surface area contributed by atoms with Crippen molar-refractivity contribution in [1.29, 1.82) is 0 Å². The van der Waals surface area contributed by atoms with E-state index in [0.717, 1.165) is 5.56 Å². The number of rotatable bonds is 7. The van der Waals surface area contributed by atoms with Crippen molar-refractivity contribution in [3.8, 4) is 0 Å².